The third-order valence-corrected chi connectivity index (χ3v) is 8.80. The van der Waals surface area contributed by atoms with Crippen LogP contribution in [-0.2, 0) is 4.74 Å². The lowest BCUT2D eigenvalue weighted by molar-refractivity contribution is -0.128. The van der Waals surface area contributed by atoms with E-state index in [0.717, 1.165) is 38.7 Å². The zero-order chi connectivity index (χ0) is 16.0. The Bertz CT molecular complexity index is 565. The molecule has 0 bridgehead atoms. The minimum atomic E-state index is -0.218. The molecule has 0 amide bonds. The molecule has 0 aromatic heterocycles. The highest BCUT2D eigenvalue weighted by Gasteiger charge is 2.71. The quantitative estimate of drug-likeness (QED) is 0.533. The maximum atomic E-state index is 11.2. The lowest BCUT2D eigenvalue weighted by atomic mass is 9.46. The normalized spacial score (nSPS) is 60.7. The average molecular weight is 318 g/mol. The van der Waals surface area contributed by atoms with Gasteiger partial charge in [-0.05, 0) is 68.1 Å². The van der Waals surface area contributed by atoms with Crippen LogP contribution in [-0.4, -0.2) is 34.6 Å². The Labute approximate surface area is 139 Å². The number of ether oxygens (including phenoxy) is 1. The summed E-state index contributed by atoms with van der Waals surface area (Å²) in [7, 11) is 0. The van der Waals surface area contributed by atoms with Crippen molar-refractivity contribution in [2.45, 2.75) is 76.6 Å². The number of aliphatic hydroxyl groups is 2. The average Bonchev–Trinajstić information content (AvgIpc) is 3.22. The van der Waals surface area contributed by atoms with E-state index in [1.165, 1.54) is 18.4 Å². The van der Waals surface area contributed by atoms with E-state index < -0.39 is 0 Å². The Morgan fingerprint density at radius 3 is 2.70 bits per heavy atom. The van der Waals surface area contributed by atoms with Crippen LogP contribution in [0, 0.1) is 28.6 Å². The van der Waals surface area contributed by atoms with E-state index in [1.807, 2.05) is 0 Å². The second-order valence-electron chi connectivity index (χ2n) is 9.59. The van der Waals surface area contributed by atoms with Crippen LogP contribution in [0.2, 0.25) is 0 Å². The second kappa shape index (κ2) is 4.42. The molecule has 1 spiro atoms. The van der Waals surface area contributed by atoms with Gasteiger partial charge in [0, 0.05) is 5.41 Å². The Morgan fingerprint density at radius 2 is 1.96 bits per heavy atom. The molecule has 4 aliphatic carbocycles. The summed E-state index contributed by atoms with van der Waals surface area (Å²) >= 11 is 0. The van der Waals surface area contributed by atoms with Crippen molar-refractivity contribution in [2.24, 2.45) is 28.6 Å². The molecule has 2 N–H and O–H groups in total. The van der Waals surface area contributed by atoms with Crippen molar-refractivity contribution in [3.8, 4) is 0 Å². The first-order valence-electron chi connectivity index (χ1n) is 9.59. The van der Waals surface area contributed by atoms with Crippen molar-refractivity contribution in [3.63, 3.8) is 0 Å². The molecule has 0 radical (unpaired) electrons. The molecule has 3 saturated carbocycles. The predicted octanol–water partition coefficient (Wildman–Crippen LogP) is 3.05. The summed E-state index contributed by atoms with van der Waals surface area (Å²) in [6.07, 6.45) is 9.24. The smallest absolute Gasteiger partial charge is 0.0973 e. The summed E-state index contributed by atoms with van der Waals surface area (Å²) in [6.45, 7) is 5.67. The number of fused-ring (bicyclic) bond motifs is 6. The van der Waals surface area contributed by atoms with Crippen LogP contribution in [0.3, 0.4) is 0 Å². The number of allylic oxidation sites excluding steroid dienone is 1. The molecule has 5 rings (SSSR count). The molecular weight excluding hydrogens is 288 g/mol. The zero-order valence-corrected chi connectivity index (χ0v) is 14.4. The van der Waals surface area contributed by atoms with Crippen molar-refractivity contribution < 1.29 is 14.9 Å². The molecule has 1 aliphatic heterocycles. The summed E-state index contributed by atoms with van der Waals surface area (Å²) in [5, 5.41) is 21.3. The molecular formula is C20H30O3. The van der Waals surface area contributed by atoms with E-state index in [1.54, 1.807) is 0 Å². The highest BCUT2D eigenvalue weighted by molar-refractivity contribution is 5.28. The van der Waals surface area contributed by atoms with Crippen LogP contribution in [0.25, 0.3) is 0 Å². The van der Waals surface area contributed by atoms with E-state index in [9.17, 15) is 10.2 Å². The van der Waals surface area contributed by atoms with Crippen molar-refractivity contribution in [1.29, 1.82) is 0 Å². The molecule has 0 aromatic rings. The summed E-state index contributed by atoms with van der Waals surface area (Å²) in [5.41, 5.74) is 1.79. The Balaban J connectivity index is 1.55. The van der Waals surface area contributed by atoms with Gasteiger partial charge in [0.05, 0.1) is 24.4 Å². The molecule has 128 valence electrons. The van der Waals surface area contributed by atoms with Crippen molar-refractivity contribution in [3.05, 3.63) is 11.6 Å². The van der Waals surface area contributed by atoms with Crippen LogP contribution >= 0.6 is 0 Å². The van der Waals surface area contributed by atoms with E-state index >= 15 is 0 Å². The van der Waals surface area contributed by atoms with Gasteiger partial charge in [0.1, 0.15) is 0 Å². The predicted molar refractivity (Wildman–Crippen MR) is 87.8 cm³/mol. The minimum Gasteiger partial charge on any atom is -0.393 e. The van der Waals surface area contributed by atoms with Gasteiger partial charge in [0.15, 0.2) is 0 Å². The van der Waals surface area contributed by atoms with E-state index in [0.29, 0.717) is 17.8 Å². The third-order valence-electron chi connectivity index (χ3n) is 8.80. The maximum Gasteiger partial charge on any atom is 0.0973 e. The Kier molecular flexibility index (Phi) is 2.87. The van der Waals surface area contributed by atoms with Gasteiger partial charge in [0.25, 0.3) is 0 Å². The first-order valence-corrected chi connectivity index (χ1v) is 9.59. The van der Waals surface area contributed by atoms with E-state index in [-0.39, 0.29) is 28.6 Å². The number of hydrogen-bond donors (Lipinski definition) is 2. The Hall–Kier alpha value is -0.380. The van der Waals surface area contributed by atoms with Gasteiger partial charge in [-0.15, -0.1) is 0 Å². The van der Waals surface area contributed by atoms with E-state index in [2.05, 4.69) is 19.9 Å². The van der Waals surface area contributed by atoms with Crippen LogP contribution in [0.4, 0.5) is 0 Å². The first-order chi connectivity index (χ1) is 10.9. The molecule has 1 heterocycles. The van der Waals surface area contributed by atoms with Crippen molar-refractivity contribution in [1.82, 2.24) is 0 Å². The molecule has 8 atom stereocenters. The first kappa shape index (κ1) is 14.9. The van der Waals surface area contributed by atoms with Gasteiger partial charge in [-0.25, -0.2) is 0 Å². The number of aliphatic hydroxyl groups excluding tert-OH is 2. The largest absolute Gasteiger partial charge is 0.393 e. The summed E-state index contributed by atoms with van der Waals surface area (Å²) < 4.78 is 5.94. The monoisotopic (exact) mass is 318 g/mol. The summed E-state index contributed by atoms with van der Waals surface area (Å²) in [6, 6.07) is 0. The van der Waals surface area contributed by atoms with E-state index in [4.69, 9.17) is 4.74 Å². The van der Waals surface area contributed by atoms with Crippen LogP contribution in [0.5, 0.6) is 0 Å². The zero-order valence-electron chi connectivity index (χ0n) is 14.4. The highest BCUT2D eigenvalue weighted by Crippen LogP contribution is 2.70. The molecule has 1 saturated heterocycles. The van der Waals surface area contributed by atoms with Gasteiger partial charge in [-0.3, -0.25) is 0 Å². The minimum absolute atomic E-state index is 0.0945. The molecule has 0 unspecified atom stereocenters. The topological polar surface area (TPSA) is 53.0 Å². The summed E-state index contributed by atoms with van der Waals surface area (Å²) in [4.78, 5) is 0. The van der Waals surface area contributed by atoms with Gasteiger partial charge >= 0.3 is 0 Å². The van der Waals surface area contributed by atoms with Gasteiger partial charge in [-0.1, -0.05) is 25.5 Å². The van der Waals surface area contributed by atoms with Crippen molar-refractivity contribution >= 4 is 0 Å². The van der Waals surface area contributed by atoms with Gasteiger partial charge < -0.3 is 14.9 Å². The van der Waals surface area contributed by atoms with Crippen LogP contribution in [0.15, 0.2) is 11.6 Å². The number of rotatable bonds is 0. The maximum absolute atomic E-state index is 11.2. The number of epoxide rings is 1. The lowest BCUT2D eigenvalue weighted by Gasteiger charge is -2.59. The summed E-state index contributed by atoms with van der Waals surface area (Å²) in [5.74, 6) is 1.66. The molecule has 0 aromatic carbocycles. The van der Waals surface area contributed by atoms with Gasteiger partial charge in [-0.2, -0.15) is 0 Å². The molecule has 3 heteroatoms. The number of hydrogen-bond acceptors (Lipinski definition) is 3. The van der Waals surface area contributed by atoms with Crippen LogP contribution in [0.1, 0.15) is 58.8 Å². The Morgan fingerprint density at radius 1 is 1.17 bits per heavy atom. The standard InChI is InChI=1S/C20H30O3/c1-18-7-5-13(21)9-12(18)3-4-14-15-6-8-20(11-23-20)19(15,2)10-16(22)17(14)18/h3,13-17,21-22H,4-11H2,1-2H3/t13-,14-,15-,16+,17+,18-,19-,20-/m0/s1. The fraction of sp³-hybridized carbons (Fsp3) is 0.900. The highest BCUT2D eigenvalue weighted by atomic mass is 16.6. The van der Waals surface area contributed by atoms with Gasteiger partial charge in [0.2, 0.25) is 0 Å². The fourth-order valence-corrected chi connectivity index (χ4v) is 7.41. The molecule has 23 heavy (non-hydrogen) atoms. The SMILES string of the molecule is C[C@]12CC[C@H](O)CC1=CC[C@@H]1[C@@H]2[C@H](O)C[C@@]2(C)[C@H]1CC[C@]21CO1. The lowest BCUT2D eigenvalue weighted by Crippen LogP contribution is -2.57. The molecule has 5 aliphatic rings. The fourth-order valence-electron chi connectivity index (χ4n) is 7.41. The molecule has 4 fully saturated rings. The third kappa shape index (κ3) is 1.72. The van der Waals surface area contributed by atoms with Crippen LogP contribution < -0.4 is 0 Å². The van der Waals surface area contributed by atoms with Crippen molar-refractivity contribution in [2.75, 3.05) is 6.61 Å². The molecule has 3 nitrogen and oxygen atoms in total. The second-order valence-corrected chi connectivity index (χ2v) is 9.59.